The van der Waals surface area contributed by atoms with E-state index in [2.05, 4.69) is 10.2 Å². The lowest BCUT2D eigenvalue weighted by atomic mass is 10.0. The van der Waals surface area contributed by atoms with Gasteiger partial charge < -0.3 is 15.0 Å². The zero-order valence-corrected chi connectivity index (χ0v) is 13.7. The first kappa shape index (κ1) is 17.2. The predicted molar refractivity (Wildman–Crippen MR) is 84.3 cm³/mol. The fraction of sp³-hybridized carbons (Fsp3) is 0.529. The number of carbonyl (C=O) groups is 1. The van der Waals surface area contributed by atoms with E-state index in [1.165, 1.54) is 12.1 Å². The molecule has 5 nitrogen and oxygen atoms in total. The lowest BCUT2D eigenvalue weighted by Gasteiger charge is -2.34. The van der Waals surface area contributed by atoms with E-state index >= 15 is 0 Å². The maximum atomic E-state index is 13.5. The number of hydrogen-bond acceptors (Lipinski definition) is 4. The van der Waals surface area contributed by atoms with Crippen molar-refractivity contribution in [1.82, 2.24) is 10.2 Å². The molecule has 0 aliphatic carbocycles. The molecule has 1 aliphatic heterocycles. The van der Waals surface area contributed by atoms with Crippen LogP contribution in [0.25, 0.3) is 0 Å². The first-order valence-electron chi connectivity index (χ1n) is 7.70. The van der Waals surface area contributed by atoms with E-state index in [1.807, 2.05) is 6.07 Å². The highest BCUT2D eigenvalue weighted by Gasteiger charge is 2.25. The minimum absolute atomic E-state index is 0.0258. The molecule has 1 fully saturated rings. The van der Waals surface area contributed by atoms with Crippen LogP contribution in [0.15, 0.2) is 18.2 Å². The SMILES string of the molecule is CC(C)(C)OC(=O)N[C@H](CN1CCC1)c1ccc(F)c(C#N)c1. The number of benzene rings is 1. The van der Waals surface area contributed by atoms with Gasteiger partial charge in [0, 0.05) is 6.54 Å². The molecule has 1 aromatic carbocycles. The fourth-order valence-corrected chi connectivity index (χ4v) is 2.35. The van der Waals surface area contributed by atoms with Crippen LogP contribution in [0.4, 0.5) is 9.18 Å². The van der Waals surface area contributed by atoms with Crippen molar-refractivity contribution in [3.05, 3.63) is 35.1 Å². The third-order valence-corrected chi connectivity index (χ3v) is 3.59. The average molecular weight is 319 g/mol. The third-order valence-electron chi connectivity index (χ3n) is 3.59. The van der Waals surface area contributed by atoms with Crippen molar-refractivity contribution < 1.29 is 13.9 Å². The molecule has 1 aromatic rings. The molecule has 1 N–H and O–H groups in total. The molecule has 0 radical (unpaired) electrons. The Hall–Kier alpha value is -2.13. The van der Waals surface area contributed by atoms with Gasteiger partial charge >= 0.3 is 6.09 Å². The van der Waals surface area contributed by atoms with E-state index in [0.717, 1.165) is 19.5 Å². The van der Waals surface area contributed by atoms with E-state index in [4.69, 9.17) is 10.00 Å². The van der Waals surface area contributed by atoms with Crippen LogP contribution >= 0.6 is 0 Å². The summed E-state index contributed by atoms with van der Waals surface area (Å²) in [5, 5.41) is 11.8. The van der Waals surface area contributed by atoms with E-state index in [1.54, 1.807) is 26.8 Å². The molecule has 0 spiro atoms. The largest absolute Gasteiger partial charge is 0.444 e. The highest BCUT2D eigenvalue weighted by Crippen LogP contribution is 2.21. The summed E-state index contributed by atoms with van der Waals surface area (Å²) in [5.74, 6) is -0.559. The van der Waals surface area contributed by atoms with Crippen LogP contribution in [0.2, 0.25) is 0 Å². The number of halogens is 1. The minimum Gasteiger partial charge on any atom is -0.444 e. The van der Waals surface area contributed by atoms with E-state index in [9.17, 15) is 9.18 Å². The van der Waals surface area contributed by atoms with Crippen molar-refractivity contribution in [2.24, 2.45) is 0 Å². The van der Waals surface area contributed by atoms with E-state index < -0.39 is 17.5 Å². The van der Waals surface area contributed by atoms with Gasteiger partial charge in [0.05, 0.1) is 11.6 Å². The fourth-order valence-electron chi connectivity index (χ4n) is 2.35. The Kier molecular flexibility index (Phi) is 5.22. The van der Waals surface area contributed by atoms with Crippen LogP contribution in [0.1, 0.15) is 44.4 Å². The maximum absolute atomic E-state index is 13.5. The molecule has 0 bridgehead atoms. The number of likely N-dealkylation sites (tertiary alicyclic amines) is 1. The van der Waals surface area contributed by atoms with Crippen LogP contribution in [0.5, 0.6) is 0 Å². The Morgan fingerprint density at radius 2 is 2.17 bits per heavy atom. The van der Waals surface area contributed by atoms with Gasteiger partial charge in [-0.25, -0.2) is 9.18 Å². The van der Waals surface area contributed by atoms with Gasteiger partial charge in [0.25, 0.3) is 0 Å². The number of nitriles is 1. The molecule has 1 saturated heterocycles. The number of hydrogen-bond donors (Lipinski definition) is 1. The second-order valence-corrected chi connectivity index (χ2v) is 6.70. The van der Waals surface area contributed by atoms with Gasteiger partial charge in [-0.1, -0.05) is 6.07 Å². The van der Waals surface area contributed by atoms with E-state index in [0.29, 0.717) is 12.1 Å². The summed E-state index contributed by atoms with van der Waals surface area (Å²) in [6.07, 6.45) is 0.609. The smallest absolute Gasteiger partial charge is 0.408 e. The second-order valence-electron chi connectivity index (χ2n) is 6.70. The molecule has 2 rings (SSSR count). The molecule has 0 saturated carbocycles. The second kappa shape index (κ2) is 6.97. The zero-order valence-electron chi connectivity index (χ0n) is 13.7. The summed E-state index contributed by atoms with van der Waals surface area (Å²) in [5.41, 5.74) is 0.0780. The number of nitrogens with one attached hydrogen (secondary N) is 1. The first-order chi connectivity index (χ1) is 10.8. The third kappa shape index (κ3) is 4.93. The molecule has 1 aliphatic rings. The Morgan fingerprint density at radius 1 is 1.48 bits per heavy atom. The molecule has 0 unspecified atom stereocenters. The van der Waals surface area contributed by atoms with Crippen molar-refractivity contribution in [1.29, 1.82) is 5.26 Å². The van der Waals surface area contributed by atoms with Crippen LogP contribution in [-0.2, 0) is 4.74 Å². The number of carbonyl (C=O) groups excluding carboxylic acids is 1. The van der Waals surface area contributed by atoms with Crippen LogP contribution in [0.3, 0.4) is 0 Å². The minimum atomic E-state index is -0.591. The Labute approximate surface area is 136 Å². The molecule has 1 heterocycles. The number of amides is 1. The lowest BCUT2D eigenvalue weighted by Crippen LogP contribution is -2.45. The monoisotopic (exact) mass is 319 g/mol. The molecule has 0 aromatic heterocycles. The summed E-state index contributed by atoms with van der Waals surface area (Å²) in [6.45, 7) is 7.93. The molecule has 23 heavy (non-hydrogen) atoms. The summed E-state index contributed by atoms with van der Waals surface area (Å²) < 4.78 is 18.8. The summed E-state index contributed by atoms with van der Waals surface area (Å²) in [7, 11) is 0. The van der Waals surface area contributed by atoms with Crippen molar-refractivity contribution in [3.8, 4) is 6.07 Å². The van der Waals surface area contributed by atoms with E-state index in [-0.39, 0.29) is 11.6 Å². The van der Waals surface area contributed by atoms with Gasteiger partial charge in [0.1, 0.15) is 17.5 Å². The molecule has 1 amide bonds. The standard InChI is InChI=1S/C17H22FN3O2/c1-17(2,3)23-16(22)20-15(11-21-7-4-8-21)12-5-6-14(18)13(9-12)10-19/h5-6,9,15H,4,7-8,11H2,1-3H3,(H,20,22)/t15-/m1/s1. The number of ether oxygens (including phenoxy) is 1. The molecular weight excluding hydrogens is 297 g/mol. The summed E-state index contributed by atoms with van der Waals surface area (Å²) >= 11 is 0. The molecular formula is C17H22FN3O2. The summed E-state index contributed by atoms with van der Waals surface area (Å²) in [6, 6.07) is 5.82. The maximum Gasteiger partial charge on any atom is 0.408 e. The molecule has 6 heteroatoms. The van der Waals surface area contributed by atoms with Crippen molar-refractivity contribution in [2.45, 2.75) is 38.8 Å². The van der Waals surface area contributed by atoms with Crippen molar-refractivity contribution in [2.75, 3.05) is 19.6 Å². The Morgan fingerprint density at radius 3 is 2.70 bits per heavy atom. The van der Waals surface area contributed by atoms with Gasteiger partial charge in [-0.15, -0.1) is 0 Å². The average Bonchev–Trinajstić information content (AvgIpc) is 2.40. The first-order valence-corrected chi connectivity index (χ1v) is 7.70. The quantitative estimate of drug-likeness (QED) is 0.926. The number of alkyl carbamates (subject to hydrolysis) is 1. The highest BCUT2D eigenvalue weighted by molar-refractivity contribution is 5.68. The van der Waals surface area contributed by atoms with Crippen molar-refractivity contribution in [3.63, 3.8) is 0 Å². The predicted octanol–water partition coefficient (Wildman–Crippen LogP) is 2.97. The van der Waals surface area contributed by atoms with Gasteiger partial charge in [0.2, 0.25) is 0 Å². The van der Waals surface area contributed by atoms with Crippen LogP contribution in [0, 0.1) is 17.1 Å². The normalized spacial score (nSPS) is 16.1. The summed E-state index contributed by atoms with van der Waals surface area (Å²) in [4.78, 5) is 14.3. The van der Waals surface area contributed by atoms with Gasteiger partial charge in [-0.2, -0.15) is 5.26 Å². The zero-order chi connectivity index (χ0) is 17.0. The number of rotatable bonds is 4. The highest BCUT2D eigenvalue weighted by atomic mass is 19.1. The van der Waals surface area contributed by atoms with Crippen molar-refractivity contribution >= 4 is 6.09 Å². The molecule has 124 valence electrons. The number of nitrogens with zero attached hydrogens (tertiary/aromatic N) is 2. The Balaban J connectivity index is 2.16. The van der Waals surface area contributed by atoms with Crippen LogP contribution in [-0.4, -0.2) is 36.2 Å². The lowest BCUT2D eigenvalue weighted by molar-refractivity contribution is 0.0479. The topological polar surface area (TPSA) is 65.4 Å². The van der Waals surface area contributed by atoms with Gasteiger partial charge in [-0.3, -0.25) is 0 Å². The van der Waals surface area contributed by atoms with Crippen LogP contribution < -0.4 is 5.32 Å². The van der Waals surface area contributed by atoms with Gasteiger partial charge in [-0.05, 0) is 58.0 Å². The Bertz CT molecular complexity index is 615. The molecule has 1 atom stereocenters. The van der Waals surface area contributed by atoms with Gasteiger partial charge in [0.15, 0.2) is 0 Å².